The fourth-order valence-corrected chi connectivity index (χ4v) is 5.02. The average Bonchev–Trinajstić information content (AvgIpc) is 3.38. The van der Waals surface area contributed by atoms with Crippen LogP contribution in [0.5, 0.6) is 0 Å². The Labute approximate surface area is 195 Å². The van der Waals surface area contributed by atoms with Gasteiger partial charge in [-0.3, -0.25) is 9.59 Å². The lowest BCUT2D eigenvalue weighted by Gasteiger charge is -2.39. The van der Waals surface area contributed by atoms with Gasteiger partial charge in [0.15, 0.2) is 0 Å². The number of carbonyl (C=O) groups excluding carboxylic acids is 2. The summed E-state index contributed by atoms with van der Waals surface area (Å²) in [5.74, 6) is -0.0928. The Bertz CT molecular complexity index is 975. The van der Waals surface area contributed by atoms with Crippen molar-refractivity contribution in [3.8, 4) is 10.4 Å². The number of thiazole rings is 1. The highest BCUT2D eigenvalue weighted by Crippen LogP contribution is 2.31. The molecule has 3 rings (SSSR count). The molecule has 1 aromatic heterocycles. The molecule has 2 N–H and O–H groups in total. The molecule has 1 saturated heterocycles. The first-order valence-electron chi connectivity index (χ1n) is 11.1. The van der Waals surface area contributed by atoms with Gasteiger partial charge in [0.2, 0.25) is 11.8 Å². The number of aromatic nitrogens is 1. The zero-order chi connectivity index (χ0) is 23.5. The molecule has 0 spiro atoms. The van der Waals surface area contributed by atoms with Gasteiger partial charge in [0.1, 0.15) is 6.04 Å². The van der Waals surface area contributed by atoms with Gasteiger partial charge in [-0.25, -0.2) is 4.98 Å². The van der Waals surface area contributed by atoms with Gasteiger partial charge in [-0.05, 0) is 36.3 Å². The molecule has 0 aliphatic carbocycles. The van der Waals surface area contributed by atoms with E-state index in [0.29, 0.717) is 6.54 Å². The van der Waals surface area contributed by atoms with Crippen LogP contribution in [0.4, 0.5) is 0 Å². The van der Waals surface area contributed by atoms with Crippen molar-refractivity contribution in [1.82, 2.24) is 20.5 Å². The van der Waals surface area contributed by atoms with Crippen molar-refractivity contribution in [2.75, 3.05) is 6.54 Å². The van der Waals surface area contributed by atoms with Crippen LogP contribution < -0.4 is 10.6 Å². The molecule has 2 atom stereocenters. The van der Waals surface area contributed by atoms with Crippen molar-refractivity contribution in [3.05, 3.63) is 53.3 Å². The maximum Gasteiger partial charge on any atom is 0.242 e. The molecule has 1 aromatic carbocycles. The van der Waals surface area contributed by atoms with Crippen LogP contribution in [0.1, 0.15) is 51.8 Å². The predicted octanol–water partition coefficient (Wildman–Crippen LogP) is 4.26. The number of carbonyl (C=O) groups is 2. The third-order valence-corrected chi connectivity index (χ3v) is 6.88. The van der Waals surface area contributed by atoms with Crippen molar-refractivity contribution in [2.24, 2.45) is 5.41 Å². The number of amides is 2. The summed E-state index contributed by atoms with van der Waals surface area (Å²) >= 11 is 1.63. The van der Waals surface area contributed by atoms with Gasteiger partial charge in [-0.1, -0.05) is 51.6 Å². The van der Waals surface area contributed by atoms with Gasteiger partial charge < -0.3 is 15.5 Å². The average molecular weight is 455 g/mol. The second kappa shape index (κ2) is 9.86. The van der Waals surface area contributed by atoms with Crippen LogP contribution in [0.2, 0.25) is 0 Å². The number of hydrogen-bond acceptors (Lipinski definition) is 5. The van der Waals surface area contributed by atoms with Gasteiger partial charge in [-0.2, -0.15) is 0 Å². The summed E-state index contributed by atoms with van der Waals surface area (Å²) in [6.07, 6.45) is 1.71. The van der Waals surface area contributed by atoms with Crippen molar-refractivity contribution >= 4 is 23.2 Å². The summed E-state index contributed by atoms with van der Waals surface area (Å²) < 4.78 is 0. The van der Waals surface area contributed by atoms with E-state index in [1.54, 1.807) is 11.3 Å². The molecule has 172 valence electrons. The normalized spacial score (nSPS) is 17.2. The maximum absolute atomic E-state index is 13.0. The largest absolute Gasteiger partial charge is 0.362 e. The molecule has 7 heteroatoms. The van der Waals surface area contributed by atoms with E-state index in [0.717, 1.165) is 41.9 Å². The van der Waals surface area contributed by atoms with Crippen molar-refractivity contribution in [2.45, 2.75) is 66.1 Å². The van der Waals surface area contributed by atoms with Gasteiger partial charge in [0.25, 0.3) is 0 Å². The van der Waals surface area contributed by atoms with Crippen LogP contribution >= 0.6 is 11.3 Å². The van der Waals surface area contributed by atoms with Gasteiger partial charge >= 0.3 is 0 Å². The van der Waals surface area contributed by atoms with E-state index in [9.17, 15) is 9.59 Å². The Morgan fingerprint density at radius 2 is 1.97 bits per heavy atom. The number of benzene rings is 1. The molecule has 0 saturated carbocycles. The lowest BCUT2D eigenvalue weighted by Crippen LogP contribution is -2.51. The summed E-state index contributed by atoms with van der Waals surface area (Å²) in [4.78, 5) is 32.3. The lowest BCUT2D eigenvalue weighted by molar-refractivity contribution is -0.125. The highest BCUT2D eigenvalue weighted by molar-refractivity contribution is 7.13. The summed E-state index contributed by atoms with van der Waals surface area (Å²) in [5.41, 5.74) is 5.68. The monoisotopic (exact) mass is 454 g/mol. The Balaban J connectivity index is 1.63. The summed E-state index contributed by atoms with van der Waals surface area (Å²) in [6, 6.07) is 7.76. The lowest BCUT2D eigenvalue weighted by atomic mass is 9.84. The predicted molar refractivity (Wildman–Crippen MR) is 130 cm³/mol. The van der Waals surface area contributed by atoms with E-state index in [1.807, 2.05) is 24.6 Å². The smallest absolute Gasteiger partial charge is 0.242 e. The Hall–Kier alpha value is -2.67. The minimum atomic E-state index is -0.264. The van der Waals surface area contributed by atoms with Crippen molar-refractivity contribution in [3.63, 3.8) is 0 Å². The quantitative estimate of drug-likeness (QED) is 0.655. The summed E-state index contributed by atoms with van der Waals surface area (Å²) in [6.45, 7) is 15.3. The van der Waals surface area contributed by atoms with E-state index in [2.05, 4.69) is 60.0 Å². The summed E-state index contributed by atoms with van der Waals surface area (Å²) in [7, 11) is 0. The van der Waals surface area contributed by atoms with Gasteiger partial charge in [-0.15, -0.1) is 11.3 Å². The fourth-order valence-electron chi connectivity index (χ4n) is 4.21. The number of nitrogens with one attached hydrogen (secondary N) is 2. The molecule has 0 radical (unpaired) electrons. The third-order valence-electron chi connectivity index (χ3n) is 5.90. The zero-order valence-electron chi connectivity index (χ0n) is 19.7. The van der Waals surface area contributed by atoms with Gasteiger partial charge in [0, 0.05) is 25.7 Å². The Morgan fingerprint density at radius 3 is 2.53 bits per heavy atom. The molecule has 6 nitrogen and oxygen atoms in total. The van der Waals surface area contributed by atoms with Crippen LogP contribution in [0, 0.1) is 12.3 Å². The third kappa shape index (κ3) is 5.57. The maximum atomic E-state index is 13.0. The minimum Gasteiger partial charge on any atom is -0.362 e. The Kier molecular flexibility index (Phi) is 7.39. The van der Waals surface area contributed by atoms with E-state index < -0.39 is 0 Å². The highest BCUT2D eigenvalue weighted by atomic mass is 32.1. The molecular weight excluding hydrogens is 420 g/mol. The molecule has 2 heterocycles. The second-order valence-electron chi connectivity index (χ2n) is 9.52. The molecule has 1 aliphatic heterocycles. The highest BCUT2D eigenvalue weighted by Gasteiger charge is 2.37. The van der Waals surface area contributed by atoms with E-state index in [4.69, 9.17) is 0 Å². The fraction of sp³-hybridized carbons (Fsp3) is 0.480. The topological polar surface area (TPSA) is 74.3 Å². The standard InChI is InChI=1S/C25H34N4O2S/c1-16-22(32-15-27-16)20-11-9-19(10-12-20)14-26-24(31)21-8-7-13-29(21)17(2)23(25(4,5)6)28-18(3)30/h9-12,15,21,23H,2,7-8,13-14H2,1,3-6H3,(H,26,31)(H,28,30). The molecular formula is C25H34N4O2S. The van der Waals surface area contributed by atoms with Crippen molar-refractivity contribution < 1.29 is 9.59 Å². The molecule has 2 amide bonds. The number of aryl methyl sites for hydroxylation is 1. The molecule has 0 bridgehead atoms. The first-order chi connectivity index (χ1) is 15.1. The van der Waals surface area contributed by atoms with E-state index in [1.165, 1.54) is 11.8 Å². The number of likely N-dealkylation sites (tertiary alicyclic amines) is 1. The first kappa shape index (κ1) is 24.0. The summed E-state index contributed by atoms with van der Waals surface area (Å²) in [5, 5.41) is 6.11. The van der Waals surface area contributed by atoms with Gasteiger partial charge in [0.05, 0.1) is 22.1 Å². The number of rotatable bonds is 7. The zero-order valence-corrected chi connectivity index (χ0v) is 20.5. The van der Waals surface area contributed by atoms with Crippen LogP contribution in [0.15, 0.2) is 42.1 Å². The van der Waals surface area contributed by atoms with Crippen molar-refractivity contribution in [1.29, 1.82) is 0 Å². The SMILES string of the molecule is C=C(C(NC(C)=O)C(C)(C)C)N1CCCC1C(=O)NCc1ccc(-c2scnc2C)cc1. The molecule has 2 unspecified atom stereocenters. The van der Waals surface area contributed by atoms with Crippen LogP contribution in [-0.4, -0.2) is 40.3 Å². The number of hydrogen-bond donors (Lipinski definition) is 2. The first-order valence-corrected chi connectivity index (χ1v) is 12.0. The Morgan fingerprint density at radius 1 is 1.28 bits per heavy atom. The molecule has 1 aliphatic rings. The van der Waals surface area contributed by atoms with Crippen LogP contribution in [0.3, 0.4) is 0 Å². The van der Waals surface area contributed by atoms with Crippen LogP contribution in [0.25, 0.3) is 10.4 Å². The molecule has 32 heavy (non-hydrogen) atoms. The minimum absolute atomic E-state index is 0.00140. The van der Waals surface area contributed by atoms with E-state index >= 15 is 0 Å². The molecule has 1 fully saturated rings. The number of nitrogens with zero attached hydrogens (tertiary/aromatic N) is 2. The van der Waals surface area contributed by atoms with Crippen LogP contribution in [-0.2, 0) is 16.1 Å². The second-order valence-corrected chi connectivity index (χ2v) is 10.4. The van der Waals surface area contributed by atoms with E-state index in [-0.39, 0.29) is 29.3 Å². The molecule has 2 aromatic rings.